The van der Waals surface area contributed by atoms with Crippen molar-refractivity contribution in [3.05, 3.63) is 57.6 Å². The van der Waals surface area contributed by atoms with E-state index < -0.39 is 4.92 Å². The summed E-state index contributed by atoms with van der Waals surface area (Å²) in [5, 5.41) is 11.2. The topological polar surface area (TPSA) is 87.9 Å². The molecule has 0 bridgehead atoms. The number of ether oxygens (including phenoxy) is 3. The summed E-state index contributed by atoms with van der Waals surface area (Å²) in [6.07, 6.45) is 0. The number of hydrogen-bond acceptors (Lipinski definition) is 6. The molecule has 0 radical (unpaired) electrons. The molecule has 0 atom stereocenters. The Morgan fingerprint density at radius 3 is 2.09 bits per heavy atom. The minimum Gasteiger partial charge on any atom is -0.497 e. The van der Waals surface area contributed by atoms with E-state index in [1.165, 1.54) is 33.5 Å². The van der Waals surface area contributed by atoms with Gasteiger partial charge in [-0.05, 0) is 30.3 Å². The maximum absolute atomic E-state index is 12.5. The van der Waals surface area contributed by atoms with Crippen molar-refractivity contribution in [3.63, 3.8) is 0 Å². The second-order valence-electron chi connectivity index (χ2n) is 4.55. The maximum atomic E-state index is 12.5. The first-order chi connectivity index (χ1) is 11.0. The van der Waals surface area contributed by atoms with Crippen molar-refractivity contribution in [2.75, 3.05) is 21.3 Å². The fraction of sp³-hybridized carbons (Fsp3) is 0.188. The first kappa shape index (κ1) is 16.3. The lowest BCUT2D eigenvalue weighted by Gasteiger charge is -2.10. The number of nitro benzene ring substituents is 1. The van der Waals surface area contributed by atoms with E-state index in [0.717, 1.165) is 0 Å². The van der Waals surface area contributed by atoms with Crippen LogP contribution in [0.3, 0.4) is 0 Å². The number of hydrogen-bond donors (Lipinski definition) is 0. The number of methoxy groups -OCH3 is 3. The zero-order valence-electron chi connectivity index (χ0n) is 12.9. The first-order valence-electron chi connectivity index (χ1n) is 6.61. The molecule has 0 amide bonds. The van der Waals surface area contributed by atoms with Crippen molar-refractivity contribution in [2.24, 2.45) is 0 Å². The van der Waals surface area contributed by atoms with E-state index in [2.05, 4.69) is 0 Å². The van der Waals surface area contributed by atoms with Crippen molar-refractivity contribution in [1.82, 2.24) is 0 Å². The number of rotatable bonds is 6. The minimum absolute atomic E-state index is 0.0243. The van der Waals surface area contributed by atoms with Crippen LogP contribution in [0.25, 0.3) is 0 Å². The molecule has 23 heavy (non-hydrogen) atoms. The van der Waals surface area contributed by atoms with E-state index in [4.69, 9.17) is 14.2 Å². The molecule has 0 fully saturated rings. The Labute approximate surface area is 132 Å². The molecule has 2 aromatic rings. The Bertz CT molecular complexity index is 739. The summed E-state index contributed by atoms with van der Waals surface area (Å²) in [6, 6.07) is 9.05. The van der Waals surface area contributed by atoms with Gasteiger partial charge >= 0.3 is 5.69 Å². The van der Waals surface area contributed by atoms with Gasteiger partial charge in [0.2, 0.25) is 5.75 Å². The Hall–Kier alpha value is -3.09. The first-order valence-corrected chi connectivity index (χ1v) is 6.61. The summed E-state index contributed by atoms with van der Waals surface area (Å²) in [5.74, 6) is 0.346. The van der Waals surface area contributed by atoms with Gasteiger partial charge in [0.1, 0.15) is 5.75 Å². The van der Waals surface area contributed by atoms with Gasteiger partial charge in [0.25, 0.3) is 0 Å². The van der Waals surface area contributed by atoms with Crippen LogP contribution in [0, 0.1) is 10.1 Å². The molecule has 0 aliphatic heterocycles. The molecule has 0 saturated carbocycles. The Kier molecular flexibility index (Phi) is 4.80. The smallest absolute Gasteiger partial charge is 0.315 e. The van der Waals surface area contributed by atoms with E-state index in [1.807, 2.05) is 0 Å². The highest BCUT2D eigenvalue weighted by Gasteiger charge is 2.24. The summed E-state index contributed by atoms with van der Waals surface area (Å²) in [7, 11) is 4.17. The van der Waals surface area contributed by atoms with Gasteiger partial charge in [0.15, 0.2) is 11.5 Å². The van der Waals surface area contributed by atoms with Crippen molar-refractivity contribution >= 4 is 11.5 Å². The number of ketones is 1. The third-order valence-electron chi connectivity index (χ3n) is 3.27. The average molecular weight is 317 g/mol. The molecule has 0 saturated heterocycles. The van der Waals surface area contributed by atoms with Gasteiger partial charge in [-0.25, -0.2) is 0 Å². The molecule has 0 spiro atoms. The molecule has 0 aromatic heterocycles. The Balaban J connectivity index is 2.51. The van der Waals surface area contributed by atoms with Gasteiger partial charge in [-0.15, -0.1) is 0 Å². The summed E-state index contributed by atoms with van der Waals surface area (Å²) in [5.41, 5.74) is 0.190. The van der Waals surface area contributed by atoms with Gasteiger partial charge < -0.3 is 14.2 Å². The van der Waals surface area contributed by atoms with Crippen molar-refractivity contribution < 1.29 is 23.9 Å². The molecule has 2 aromatic carbocycles. The lowest BCUT2D eigenvalue weighted by Crippen LogP contribution is -2.05. The number of nitro groups is 1. The van der Waals surface area contributed by atoms with Crippen LogP contribution < -0.4 is 14.2 Å². The van der Waals surface area contributed by atoms with Gasteiger partial charge in [-0.1, -0.05) is 0 Å². The van der Waals surface area contributed by atoms with Crippen LogP contribution in [-0.2, 0) is 0 Å². The van der Waals surface area contributed by atoms with Crippen LogP contribution in [0.4, 0.5) is 5.69 Å². The second kappa shape index (κ2) is 6.78. The standard InChI is InChI=1S/C16H15NO6/c1-21-12-6-4-10(5-7-12)15(18)11-8-13(17(19)20)16(23-3)14(9-11)22-2/h4-9H,1-3H3. The molecule has 7 nitrogen and oxygen atoms in total. The molecule has 7 heteroatoms. The summed E-state index contributed by atoms with van der Waals surface area (Å²) >= 11 is 0. The van der Waals surface area contributed by atoms with Crippen molar-refractivity contribution in [1.29, 1.82) is 0 Å². The number of nitrogens with zero attached hydrogens (tertiary/aromatic N) is 1. The number of carbonyl (C=O) groups excluding carboxylic acids is 1. The van der Waals surface area contributed by atoms with Gasteiger partial charge in [0, 0.05) is 17.2 Å². The van der Waals surface area contributed by atoms with Crippen LogP contribution in [0.2, 0.25) is 0 Å². The van der Waals surface area contributed by atoms with Crippen molar-refractivity contribution in [2.45, 2.75) is 0 Å². The fourth-order valence-electron chi connectivity index (χ4n) is 2.12. The molecule has 0 heterocycles. The summed E-state index contributed by atoms with van der Waals surface area (Å²) in [6.45, 7) is 0. The van der Waals surface area contributed by atoms with Crippen LogP contribution in [0.5, 0.6) is 17.2 Å². The largest absolute Gasteiger partial charge is 0.497 e. The van der Waals surface area contributed by atoms with E-state index in [9.17, 15) is 14.9 Å². The van der Waals surface area contributed by atoms with Crippen molar-refractivity contribution in [3.8, 4) is 17.2 Å². The third-order valence-corrected chi connectivity index (χ3v) is 3.27. The molecule has 0 unspecified atom stereocenters. The van der Waals surface area contributed by atoms with Crippen LogP contribution in [-0.4, -0.2) is 32.0 Å². The third kappa shape index (κ3) is 3.23. The fourth-order valence-corrected chi connectivity index (χ4v) is 2.12. The van der Waals surface area contributed by atoms with E-state index in [-0.39, 0.29) is 28.5 Å². The number of benzene rings is 2. The quantitative estimate of drug-likeness (QED) is 0.462. The highest BCUT2D eigenvalue weighted by Crippen LogP contribution is 2.38. The lowest BCUT2D eigenvalue weighted by molar-refractivity contribution is -0.385. The zero-order chi connectivity index (χ0) is 17.0. The minimum atomic E-state index is -0.619. The molecular weight excluding hydrogens is 302 g/mol. The van der Waals surface area contributed by atoms with Gasteiger partial charge in [-0.2, -0.15) is 0 Å². The molecule has 120 valence electrons. The SMILES string of the molecule is COc1ccc(C(=O)c2cc(OC)c(OC)c([N+](=O)[O-])c2)cc1. The highest BCUT2D eigenvalue weighted by atomic mass is 16.6. The lowest BCUT2D eigenvalue weighted by atomic mass is 10.0. The normalized spacial score (nSPS) is 10.0. The Morgan fingerprint density at radius 2 is 1.61 bits per heavy atom. The Morgan fingerprint density at radius 1 is 0.957 bits per heavy atom. The zero-order valence-corrected chi connectivity index (χ0v) is 12.9. The number of carbonyl (C=O) groups is 1. The molecule has 2 rings (SSSR count). The maximum Gasteiger partial charge on any atom is 0.315 e. The predicted molar refractivity (Wildman–Crippen MR) is 82.6 cm³/mol. The molecular formula is C16H15NO6. The van der Waals surface area contributed by atoms with E-state index in [1.54, 1.807) is 24.3 Å². The van der Waals surface area contributed by atoms with Gasteiger partial charge in [-0.3, -0.25) is 14.9 Å². The van der Waals surface area contributed by atoms with Crippen LogP contribution in [0.1, 0.15) is 15.9 Å². The van der Waals surface area contributed by atoms with E-state index in [0.29, 0.717) is 11.3 Å². The summed E-state index contributed by atoms with van der Waals surface area (Å²) in [4.78, 5) is 23.1. The second-order valence-corrected chi connectivity index (χ2v) is 4.55. The summed E-state index contributed by atoms with van der Waals surface area (Å²) < 4.78 is 15.1. The van der Waals surface area contributed by atoms with Crippen LogP contribution >= 0.6 is 0 Å². The highest BCUT2D eigenvalue weighted by molar-refractivity contribution is 6.09. The van der Waals surface area contributed by atoms with E-state index >= 15 is 0 Å². The van der Waals surface area contributed by atoms with Crippen LogP contribution in [0.15, 0.2) is 36.4 Å². The monoisotopic (exact) mass is 317 g/mol. The molecule has 0 N–H and O–H groups in total. The van der Waals surface area contributed by atoms with Gasteiger partial charge in [0.05, 0.1) is 26.3 Å². The average Bonchev–Trinajstić information content (AvgIpc) is 2.59. The molecule has 0 aliphatic carbocycles. The molecule has 0 aliphatic rings. The predicted octanol–water partition coefficient (Wildman–Crippen LogP) is 2.85.